The van der Waals surface area contributed by atoms with Crippen molar-refractivity contribution in [1.29, 1.82) is 0 Å². The maximum Gasteiger partial charge on any atom is 0.352 e. The molecule has 122 valence electrons. The molecule has 0 saturated carbocycles. The van der Waals surface area contributed by atoms with Gasteiger partial charge in [-0.05, 0) is 49.1 Å². The maximum absolute atomic E-state index is 11.9. The van der Waals surface area contributed by atoms with Crippen LogP contribution in [0, 0.1) is 0 Å². The summed E-state index contributed by atoms with van der Waals surface area (Å²) in [5, 5.41) is 6.47. The molecule has 7 nitrogen and oxygen atoms in total. The minimum atomic E-state index is -0.585. The van der Waals surface area contributed by atoms with Crippen LogP contribution in [0.2, 0.25) is 0 Å². The van der Waals surface area contributed by atoms with Crippen molar-refractivity contribution < 1.29 is 19.1 Å². The van der Waals surface area contributed by atoms with E-state index in [1.54, 1.807) is 24.3 Å². The smallest absolute Gasteiger partial charge is 0.352 e. The second kappa shape index (κ2) is 8.23. The summed E-state index contributed by atoms with van der Waals surface area (Å²) in [5.41, 5.74) is 1.18. The molecule has 0 aliphatic rings. The van der Waals surface area contributed by atoms with Crippen molar-refractivity contribution in [3.8, 4) is 5.75 Å². The van der Waals surface area contributed by atoms with Gasteiger partial charge in [-0.2, -0.15) is 0 Å². The number of aryl methyl sites for hydroxylation is 1. The third kappa shape index (κ3) is 4.75. The lowest BCUT2D eigenvalue weighted by Crippen LogP contribution is -2.21. The number of anilines is 1. The van der Waals surface area contributed by atoms with Gasteiger partial charge in [-0.15, -0.1) is 5.10 Å². The molecule has 0 spiro atoms. The molecule has 1 heterocycles. The molecule has 1 aromatic heterocycles. The Morgan fingerprint density at radius 1 is 1.22 bits per heavy atom. The molecule has 23 heavy (non-hydrogen) atoms. The van der Waals surface area contributed by atoms with Crippen LogP contribution in [-0.2, 0) is 16.0 Å². The lowest BCUT2D eigenvalue weighted by molar-refractivity contribution is -0.119. The van der Waals surface area contributed by atoms with E-state index >= 15 is 0 Å². The molecule has 0 unspecified atom stereocenters. The van der Waals surface area contributed by atoms with E-state index in [1.807, 2.05) is 13.8 Å². The van der Waals surface area contributed by atoms with E-state index in [0.29, 0.717) is 29.3 Å². The normalized spacial score (nSPS) is 10.2. The van der Waals surface area contributed by atoms with Crippen molar-refractivity contribution in [2.24, 2.45) is 0 Å². The number of aromatic nitrogens is 2. The topological polar surface area (TPSA) is 90.4 Å². The predicted octanol–water partition coefficient (Wildman–Crippen LogP) is 2.29. The number of hydrogen-bond acceptors (Lipinski definition) is 7. The van der Waals surface area contributed by atoms with E-state index in [2.05, 4.69) is 14.9 Å². The van der Waals surface area contributed by atoms with E-state index in [9.17, 15) is 9.59 Å². The first-order valence-corrected chi connectivity index (χ1v) is 7.92. The quantitative estimate of drug-likeness (QED) is 0.781. The van der Waals surface area contributed by atoms with Gasteiger partial charge in [0.05, 0.1) is 12.3 Å². The molecule has 0 atom stereocenters. The molecule has 0 aliphatic carbocycles. The predicted molar refractivity (Wildman–Crippen MR) is 85.8 cm³/mol. The SMILES string of the molecule is CCOc1ccc(NC(=O)COC(=O)c2snnc2CC)cc1. The number of rotatable bonds is 7. The summed E-state index contributed by atoms with van der Waals surface area (Å²) < 4.78 is 14.0. The standard InChI is InChI=1S/C15H17N3O4S/c1-3-12-14(23-18-17-12)15(20)22-9-13(19)16-10-5-7-11(8-6-10)21-4-2/h5-8H,3-4,9H2,1-2H3,(H,16,19). The minimum absolute atomic E-state index is 0.335. The first-order valence-electron chi connectivity index (χ1n) is 7.15. The highest BCUT2D eigenvalue weighted by Gasteiger charge is 2.17. The van der Waals surface area contributed by atoms with Gasteiger partial charge in [0.15, 0.2) is 11.5 Å². The Bertz CT molecular complexity index is 670. The first-order chi connectivity index (χ1) is 11.1. The van der Waals surface area contributed by atoms with Crippen LogP contribution in [0.4, 0.5) is 5.69 Å². The third-order valence-corrected chi connectivity index (χ3v) is 3.61. The number of ether oxygens (including phenoxy) is 2. The number of carbonyl (C=O) groups is 2. The van der Waals surface area contributed by atoms with Crippen LogP contribution in [-0.4, -0.2) is 34.7 Å². The zero-order valence-electron chi connectivity index (χ0n) is 12.9. The van der Waals surface area contributed by atoms with Crippen molar-refractivity contribution in [2.75, 3.05) is 18.5 Å². The number of amides is 1. The molecule has 1 N–H and O–H groups in total. The second-order valence-electron chi connectivity index (χ2n) is 4.48. The Kier molecular flexibility index (Phi) is 6.04. The minimum Gasteiger partial charge on any atom is -0.494 e. The summed E-state index contributed by atoms with van der Waals surface area (Å²) in [6.07, 6.45) is 0.583. The van der Waals surface area contributed by atoms with E-state index in [-0.39, 0.29) is 6.61 Å². The maximum atomic E-state index is 11.9. The van der Waals surface area contributed by atoms with Crippen molar-refractivity contribution >= 4 is 29.1 Å². The largest absolute Gasteiger partial charge is 0.494 e. The van der Waals surface area contributed by atoms with Crippen LogP contribution in [0.15, 0.2) is 24.3 Å². The number of hydrogen-bond donors (Lipinski definition) is 1. The average molecular weight is 335 g/mol. The molecule has 2 aromatic rings. The summed E-state index contributed by atoms with van der Waals surface area (Å²) in [4.78, 5) is 24.0. The fourth-order valence-corrected chi connectivity index (χ4v) is 2.43. The van der Waals surface area contributed by atoms with E-state index in [0.717, 1.165) is 17.3 Å². The Morgan fingerprint density at radius 2 is 1.96 bits per heavy atom. The molecule has 0 bridgehead atoms. The molecule has 1 amide bonds. The third-order valence-electron chi connectivity index (χ3n) is 2.86. The number of esters is 1. The van der Waals surface area contributed by atoms with Gasteiger partial charge in [0.2, 0.25) is 0 Å². The Morgan fingerprint density at radius 3 is 2.61 bits per heavy atom. The van der Waals surface area contributed by atoms with Crippen molar-refractivity contribution in [3.63, 3.8) is 0 Å². The Labute approximate surface area is 137 Å². The second-order valence-corrected chi connectivity index (χ2v) is 5.24. The van der Waals surface area contributed by atoms with Crippen LogP contribution >= 0.6 is 11.5 Å². The van der Waals surface area contributed by atoms with Gasteiger partial charge in [-0.25, -0.2) is 4.79 Å². The van der Waals surface area contributed by atoms with Crippen LogP contribution < -0.4 is 10.1 Å². The van der Waals surface area contributed by atoms with Gasteiger partial charge in [0.25, 0.3) is 5.91 Å². The number of nitrogens with zero attached hydrogens (tertiary/aromatic N) is 2. The number of nitrogens with one attached hydrogen (secondary N) is 1. The molecule has 1 aromatic carbocycles. The summed E-state index contributed by atoms with van der Waals surface area (Å²) in [6.45, 7) is 3.97. The van der Waals surface area contributed by atoms with Crippen LogP contribution in [0.5, 0.6) is 5.75 Å². The molecule has 0 aliphatic heterocycles. The van der Waals surface area contributed by atoms with Crippen molar-refractivity contribution in [3.05, 3.63) is 34.8 Å². The van der Waals surface area contributed by atoms with Gasteiger partial charge in [-0.1, -0.05) is 11.4 Å². The zero-order chi connectivity index (χ0) is 16.7. The highest BCUT2D eigenvalue weighted by atomic mass is 32.1. The highest BCUT2D eigenvalue weighted by Crippen LogP contribution is 2.16. The van der Waals surface area contributed by atoms with Gasteiger partial charge in [-0.3, -0.25) is 4.79 Å². The van der Waals surface area contributed by atoms with Gasteiger partial charge in [0.1, 0.15) is 5.75 Å². The average Bonchev–Trinajstić information content (AvgIpc) is 3.03. The van der Waals surface area contributed by atoms with Gasteiger partial charge >= 0.3 is 5.97 Å². The van der Waals surface area contributed by atoms with Gasteiger partial charge < -0.3 is 14.8 Å². The summed E-state index contributed by atoms with van der Waals surface area (Å²) in [6, 6.07) is 6.93. The van der Waals surface area contributed by atoms with Crippen LogP contribution in [0.25, 0.3) is 0 Å². The highest BCUT2D eigenvalue weighted by molar-refractivity contribution is 7.07. The van der Waals surface area contributed by atoms with E-state index < -0.39 is 11.9 Å². The van der Waals surface area contributed by atoms with Crippen LogP contribution in [0.1, 0.15) is 29.2 Å². The molecule has 8 heteroatoms. The molecule has 0 saturated heterocycles. The number of carbonyl (C=O) groups excluding carboxylic acids is 2. The van der Waals surface area contributed by atoms with Crippen molar-refractivity contribution in [1.82, 2.24) is 9.59 Å². The number of benzene rings is 1. The fourth-order valence-electron chi connectivity index (χ4n) is 1.79. The molecule has 2 rings (SSSR count). The lowest BCUT2D eigenvalue weighted by Gasteiger charge is -2.07. The lowest BCUT2D eigenvalue weighted by atomic mass is 10.3. The molecule has 0 fully saturated rings. The Balaban J connectivity index is 1.84. The van der Waals surface area contributed by atoms with Crippen LogP contribution in [0.3, 0.4) is 0 Å². The summed E-state index contributed by atoms with van der Waals surface area (Å²) >= 11 is 0.963. The summed E-state index contributed by atoms with van der Waals surface area (Å²) in [5.74, 6) is -0.279. The summed E-state index contributed by atoms with van der Waals surface area (Å²) in [7, 11) is 0. The molecule has 0 radical (unpaired) electrons. The molecular weight excluding hydrogens is 318 g/mol. The monoisotopic (exact) mass is 335 g/mol. The van der Waals surface area contributed by atoms with Crippen molar-refractivity contribution in [2.45, 2.75) is 20.3 Å². The van der Waals surface area contributed by atoms with E-state index in [1.165, 1.54) is 0 Å². The molecular formula is C15H17N3O4S. The Hall–Kier alpha value is -2.48. The zero-order valence-corrected chi connectivity index (χ0v) is 13.7. The van der Waals surface area contributed by atoms with E-state index in [4.69, 9.17) is 9.47 Å². The van der Waals surface area contributed by atoms with Gasteiger partial charge in [0, 0.05) is 5.69 Å². The first kappa shape index (κ1) is 16.9. The fraction of sp³-hybridized carbons (Fsp3) is 0.333.